The lowest BCUT2D eigenvalue weighted by molar-refractivity contribution is -0.342. The van der Waals surface area contributed by atoms with Gasteiger partial charge in [-0.1, -0.05) is 13.0 Å². The number of carbonyl (C=O) groups is 1. The molecule has 0 bridgehead atoms. The van der Waals surface area contributed by atoms with Crippen molar-refractivity contribution in [2.24, 2.45) is 0 Å². The Hall–Kier alpha value is -0.580. The van der Waals surface area contributed by atoms with E-state index in [1.807, 2.05) is 0 Å². The predicted octanol–water partition coefficient (Wildman–Crippen LogP) is 2.99. The van der Waals surface area contributed by atoms with Crippen LogP contribution in [-0.2, 0) is 19.3 Å². The lowest BCUT2D eigenvalue weighted by atomic mass is 9.95. The van der Waals surface area contributed by atoms with Gasteiger partial charge in [0.1, 0.15) is 12.2 Å². The molecule has 0 saturated heterocycles. The smallest absolute Gasteiger partial charge is 0.333 e. The Morgan fingerprint density at radius 3 is 2.61 bits per heavy atom. The zero-order valence-electron chi connectivity index (χ0n) is 10.8. The van der Waals surface area contributed by atoms with Crippen molar-refractivity contribution in [3.8, 4) is 0 Å². The third kappa shape index (κ3) is 5.38. The Morgan fingerprint density at radius 2 is 2.00 bits per heavy atom. The summed E-state index contributed by atoms with van der Waals surface area (Å²) in [4.78, 5) is 21.9. The van der Waals surface area contributed by atoms with Crippen molar-refractivity contribution in [1.82, 2.24) is 0 Å². The Morgan fingerprint density at radius 1 is 1.33 bits per heavy atom. The Balaban J connectivity index is 2.36. The lowest BCUT2D eigenvalue weighted by Crippen LogP contribution is -2.36. The van der Waals surface area contributed by atoms with Gasteiger partial charge in [-0.3, -0.25) is 0 Å². The first-order valence-corrected chi connectivity index (χ1v) is 6.89. The van der Waals surface area contributed by atoms with Gasteiger partial charge in [0.05, 0.1) is 6.61 Å². The number of halogens is 1. The maximum absolute atomic E-state index is 11.5. The summed E-state index contributed by atoms with van der Waals surface area (Å²) in [6.07, 6.45) is 4.07. The fourth-order valence-electron chi connectivity index (χ4n) is 1.79. The molecule has 0 spiro atoms. The van der Waals surface area contributed by atoms with Gasteiger partial charge >= 0.3 is 5.97 Å². The number of ether oxygens (including phenoxy) is 1. The van der Waals surface area contributed by atoms with Gasteiger partial charge in [0, 0.05) is 11.5 Å². The minimum Gasteiger partial charge on any atom is -0.456 e. The molecule has 0 N–H and O–H groups in total. The van der Waals surface area contributed by atoms with Crippen LogP contribution in [0.1, 0.15) is 39.0 Å². The Bertz CT molecular complexity index is 280. The summed E-state index contributed by atoms with van der Waals surface area (Å²) in [5.41, 5.74) is 0.405. The normalized spacial score (nSPS) is 23.7. The van der Waals surface area contributed by atoms with E-state index < -0.39 is 0 Å². The average Bonchev–Trinajstić information content (AvgIpc) is 2.36. The molecule has 2 atom stereocenters. The minimum absolute atomic E-state index is 0.183. The molecule has 104 valence electrons. The van der Waals surface area contributed by atoms with Gasteiger partial charge in [0.15, 0.2) is 0 Å². The number of rotatable bonds is 7. The van der Waals surface area contributed by atoms with Gasteiger partial charge in [0.2, 0.25) is 0 Å². The Kier molecular flexibility index (Phi) is 7.32. The molecule has 2 unspecified atom stereocenters. The SMILES string of the molecule is C=C(C)C(=O)OC1CCCCC1OOCCCCl. The molecule has 1 fully saturated rings. The van der Waals surface area contributed by atoms with Gasteiger partial charge in [-0.25, -0.2) is 14.6 Å². The summed E-state index contributed by atoms with van der Waals surface area (Å²) < 4.78 is 5.35. The summed E-state index contributed by atoms with van der Waals surface area (Å²) in [5, 5.41) is 0. The molecular weight excluding hydrogens is 256 g/mol. The summed E-state index contributed by atoms with van der Waals surface area (Å²) in [5.74, 6) is 0.179. The van der Waals surface area contributed by atoms with E-state index in [9.17, 15) is 4.79 Å². The fourth-order valence-corrected chi connectivity index (χ4v) is 1.90. The molecule has 0 aliphatic heterocycles. The van der Waals surface area contributed by atoms with Gasteiger partial charge in [-0.05, 0) is 32.6 Å². The second-order valence-electron chi connectivity index (χ2n) is 4.51. The summed E-state index contributed by atoms with van der Waals surface area (Å²) in [6, 6.07) is 0. The van der Waals surface area contributed by atoms with Crippen molar-refractivity contribution in [3.05, 3.63) is 12.2 Å². The first-order valence-electron chi connectivity index (χ1n) is 6.36. The van der Waals surface area contributed by atoms with Crippen LogP contribution in [0.25, 0.3) is 0 Å². The van der Waals surface area contributed by atoms with E-state index in [0.717, 1.165) is 32.1 Å². The summed E-state index contributed by atoms with van der Waals surface area (Å²) >= 11 is 5.54. The molecular formula is C13H21ClO4. The molecule has 0 amide bonds. The molecule has 1 aliphatic carbocycles. The Labute approximate surface area is 113 Å². The van der Waals surface area contributed by atoms with Crippen molar-refractivity contribution in [1.29, 1.82) is 0 Å². The molecule has 0 aromatic heterocycles. The molecule has 5 heteroatoms. The molecule has 1 saturated carbocycles. The number of esters is 1. The molecule has 1 rings (SSSR count). The highest BCUT2D eigenvalue weighted by atomic mass is 35.5. The van der Waals surface area contributed by atoms with Crippen LogP contribution in [0.2, 0.25) is 0 Å². The first-order chi connectivity index (χ1) is 8.65. The maximum atomic E-state index is 11.5. The van der Waals surface area contributed by atoms with E-state index in [1.54, 1.807) is 6.92 Å². The minimum atomic E-state index is -0.365. The third-order valence-electron chi connectivity index (χ3n) is 2.80. The van der Waals surface area contributed by atoms with Gasteiger partial charge in [-0.2, -0.15) is 0 Å². The molecule has 0 aromatic rings. The van der Waals surface area contributed by atoms with E-state index >= 15 is 0 Å². The van der Waals surface area contributed by atoms with Crippen LogP contribution >= 0.6 is 11.6 Å². The predicted molar refractivity (Wildman–Crippen MR) is 69.3 cm³/mol. The van der Waals surface area contributed by atoms with Gasteiger partial charge < -0.3 is 4.74 Å². The van der Waals surface area contributed by atoms with E-state index in [1.165, 1.54) is 0 Å². The van der Waals surface area contributed by atoms with Crippen LogP contribution in [0.15, 0.2) is 12.2 Å². The first kappa shape index (κ1) is 15.5. The second kappa shape index (κ2) is 8.51. The number of alkyl halides is 1. The van der Waals surface area contributed by atoms with Crippen LogP contribution in [0, 0.1) is 0 Å². The molecule has 1 aliphatic rings. The zero-order valence-corrected chi connectivity index (χ0v) is 11.6. The second-order valence-corrected chi connectivity index (χ2v) is 4.89. The van der Waals surface area contributed by atoms with Crippen molar-refractivity contribution < 1.29 is 19.3 Å². The number of carbonyl (C=O) groups excluding carboxylic acids is 1. The molecule has 0 heterocycles. The van der Waals surface area contributed by atoms with Crippen molar-refractivity contribution in [2.75, 3.05) is 12.5 Å². The fraction of sp³-hybridized carbons (Fsp3) is 0.769. The van der Waals surface area contributed by atoms with Crippen LogP contribution in [0.4, 0.5) is 0 Å². The number of hydrogen-bond acceptors (Lipinski definition) is 4. The molecule has 4 nitrogen and oxygen atoms in total. The van der Waals surface area contributed by atoms with Crippen LogP contribution in [-0.4, -0.2) is 30.7 Å². The van der Waals surface area contributed by atoms with Gasteiger partial charge in [0.25, 0.3) is 0 Å². The van der Waals surface area contributed by atoms with Crippen molar-refractivity contribution in [2.45, 2.75) is 51.2 Å². The van der Waals surface area contributed by atoms with E-state index in [0.29, 0.717) is 18.1 Å². The van der Waals surface area contributed by atoms with Crippen molar-refractivity contribution in [3.63, 3.8) is 0 Å². The van der Waals surface area contributed by atoms with Crippen molar-refractivity contribution >= 4 is 17.6 Å². The lowest BCUT2D eigenvalue weighted by Gasteiger charge is -2.29. The van der Waals surface area contributed by atoms with E-state index in [2.05, 4.69) is 6.58 Å². The van der Waals surface area contributed by atoms with E-state index in [4.69, 9.17) is 26.1 Å². The largest absolute Gasteiger partial charge is 0.456 e. The summed E-state index contributed by atoms with van der Waals surface area (Å²) in [7, 11) is 0. The molecule has 0 radical (unpaired) electrons. The summed E-state index contributed by atoms with van der Waals surface area (Å²) in [6.45, 7) is 5.67. The highest BCUT2D eigenvalue weighted by Crippen LogP contribution is 2.24. The van der Waals surface area contributed by atoms with Gasteiger partial charge in [-0.15, -0.1) is 11.6 Å². The number of hydrogen-bond donors (Lipinski definition) is 0. The molecule has 18 heavy (non-hydrogen) atoms. The average molecular weight is 277 g/mol. The van der Waals surface area contributed by atoms with Crippen LogP contribution < -0.4 is 0 Å². The van der Waals surface area contributed by atoms with Crippen LogP contribution in [0.3, 0.4) is 0 Å². The topological polar surface area (TPSA) is 44.8 Å². The monoisotopic (exact) mass is 276 g/mol. The third-order valence-corrected chi connectivity index (χ3v) is 3.07. The highest BCUT2D eigenvalue weighted by molar-refractivity contribution is 6.17. The quantitative estimate of drug-likeness (QED) is 0.179. The standard InChI is InChI=1S/C13H21ClO4/c1-10(2)13(15)17-11-6-3-4-7-12(11)18-16-9-5-8-14/h11-12H,1,3-9H2,2H3. The van der Waals surface area contributed by atoms with E-state index in [-0.39, 0.29) is 18.2 Å². The van der Waals surface area contributed by atoms with Crippen LogP contribution in [0.5, 0.6) is 0 Å². The maximum Gasteiger partial charge on any atom is 0.333 e. The molecule has 0 aromatic carbocycles. The highest BCUT2D eigenvalue weighted by Gasteiger charge is 2.30. The zero-order chi connectivity index (χ0) is 13.4.